The average Bonchev–Trinajstić information content (AvgIpc) is 2.81. The van der Waals surface area contributed by atoms with Gasteiger partial charge in [-0.25, -0.2) is 9.98 Å². The molecule has 1 aromatic heterocycles. The van der Waals surface area contributed by atoms with E-state index in [0.29, 0.717) is 11.7 Å². The van der Waals surface area contributed by atoms with E-state index in [9.17, 15) is 0 Å². The van der Waals surface area contributed by atoms with Gasteiger partial charge in [-0.1, -0.05) is 6.58 Å². The van der Waals surface area contributed by atoms with E-state index in [-0.39, 0.29) is 0 Å². The van der Waals surface area contributed by atoms with Crippen LogP contribution in [0.15, 0.2) is 52.6 Å². The summed E-state index contributed by atoms with van der Waals surface area (Å²) in [6, 6.07) is 5.88. The quantitative estimate of drug-likeness (QED) is 0.651. The van der Waals surface area contributed by atoms with E-state index in [1.54, 1.807) is 13.1 Å². The normalized spacial score (nSPS) is 11.4. The summed E-state index contributed by atoms with van der Waals surface area (Å²) in [7, 11) is 0. The SMILES string of the molecule is C=C(/N=C(\C)N)Nc1ccc(-c2cnco2)c(C)c1. The molecule has 1 aromatic carbocycles. The molecule has 98 valence electrons. The summed E-state index contributed by atoms with van der Waals surface area (Å²) >= 11 is 0. The summed E-state index contributed by atoms with van der Waals surface area (Å²) in [5.74, 6) is 1.72. The smallest absolute Gasteiger partial charge is 0.181 e. The van der Waals surface area contributed by atoms with E-state index in [1.165, 1.54) is 6.39 Å². The minimum Gasteiger partial charge on any atom is -0.444 e. The second kappa shape index (κ2) is 5.39. The van der Waals surface area contributed by atoms with Gasteiger partial charge in [0.05, 0.1) is 12.0 Å². The van der Waals surface area contributed by atoms with Crippen LogP contribution in [0.25, 0.3) is 11.3 Å². The predicted octanol–water partition coefficient (Wildman–Crippen LogP) is 2.91. The third-order valence-corrected chi connectivity index (χ3v) is 2.52. The highest BCUT2D eigenvalue weighted by molar-refractivity contribution is 5.79. The summed E-state index contributed by atoms with van der Waals surface area (Å²) in [4.78, 5) is 7.95. The summed E-state index contributed by atoms with van der Waals surface area (Å²) in [6.45, 7) is 7.50. The van der Waals surface area contributed by atoms with Crippen molar-refractivity contribution in [2.24, 2.45) is 10.7 Å². The Balaban J connectivity index is 2.20. The van der Waals surface area contributed by atoms with Crippen molar-refractivity contribution in [2.45, 2.75) is 13.8 Å². The number of hydrogen-bond acceptors (Lipinski definition) is 4. The number of oxazole rings is 1. The maximum Gasteiger partial charge on any atom is 0.181 e. The number of anilines is 1. The number of nitrogens with zero attached hydrogens (tertiary/aromatic N) is 2. The topological polar surface area (TPSA) is 76.4 Å². The van der Waals surface area contributed by atoms with E-state index >= 15 is 0 Å². The zero-order chi connectivity index (χ0) is 13.8. The van der Waals surface area contributed by atoms with Crippen molar-refractivity contribution in [1.82, 2.24) is 4.98 Å². The van der Waals surface area contributed by atoms with Crippen molar-refractivity contribution in [2.75, 3.05) is 5.32 Å². The Labute approximate surface area is 111 Å². The van der Waals surface area contributed by atoms with E-state index in [4.69, 9.17) is 10.2 Å². The molecule has 0 bridgehead atoms. The number of amidine groups is 1. The molecule has 0 saturated heterocycles. The van der Waals surface area contributed by atoms with Gasteiger partial charge in [-0.2, -0.15) is 0 Å². The van der Waals surface area contributed by atoms with Gasteiger partial charge in [0.2, 0.25) is 0 Å². The molecule has 0 aliphatic heterocycles. The standard InChI is InChI=1S/C14H16N4O/c1-9-6-12(18-11(3)17-10(2)15)4-5-13(9)14-7-16-8-19-14/h4-8,18H,3H2,1-2H3,(H2,15,17). The van der Waals surface area contributed by atoms with Gasteiger partial charge in [-0.3, -0.25) is 0 Å². The Kier molecular flexibility index (Phi) is 3.66. The Morgan fingerprint density at radius 3 is 2.84 bits per heavy atom. The van der Waals surface area contributed by atoms with Crippen molar-refractivity contribution in [3.05, 3.63) is 48.8 Å². The molecule has 3 N–H and O–H groups in total. The van der Waals surface area contributed by atoms with Crippen molar-refractivity contribution in [3.63, 3.8) is 0 Å². The van der Waals surface area contributed by atoms with Crippen molar-refractivity contribution in [3.8, 4) is 11.3 Å². The molecule has 0 atom stereocenters. The van der Waals surface area contributed by atoms with Crippen LogP contribution in [0.4, 0.5) is 5.69 Å². The minimum atomic E-state index is 0.465. The third kappa shape index (κ3) is 3.22. The predicted molar refractivity (Wildman–Crippen MR) is 76.7 cm³/mol. The first-order valence-corrected chi connectivity index (χ1v) is 5.82. The molecule has 0 aliphatic carbocycles. The van der Waals surface area contributed by atoms with E-state index in [0.717, 1.165) is 22.6 Å². The number of hydrogen-bond donors (Lipinski definition) is 2. The van der Waals surface area contributed by atoms with Gasteiger partial charge >= 0.3 is 0 Å². The second-order valence-electron chi connectivity index (χ2n) is 4.22. The summed E-state index contributed by atoms with van der Waals surface area (Å²) in [6.07, 6.45) is 3.11. The average molecular weight is 256 g/mol. The molecule has 0 spiro atoms. The lowest BCUT2D eigenvalue weighted by molar-refractivity contribution is 0.571. The Morgan fingerprint density at radius 1 is 1.47 bits per heavy atom. The van der Waals surface area contributed by atoms with Crippen LogP contribution in [0.3, 0.4) is 0 Å². The van der Waals surface area contributed by atoms with Gasteiger partial charge in [0.25, 0.3) is 0 Å². The van der Waals surface area contributed by atoms with Crippen molar-refractivity contribution >= 4 is 11.5 Å². The van der Waals surface area contributed by atoms with Crippen molar-refractivity contribution in [1.29, 1.82) is 0 Å². The van der Waals surface area contributed by atoms with Crippen LogP contribution in [0.2, 0.25) is 0 Å². The minimum absolute atomic E-state index is 0.465. The second-order valence-corrected chi connectivity index (χ2v) is 4.22. The number of aliphatic imine (C=N–C) groups is 1. The van der Waals surface area contributed by atoms with Gasteiger partial charge in [-0.05, 0) is 37.6 Å². The monoisotopic (exact) mass is 256 g/mol. The largest absolute Gasteiger partial charge is 0.444 e. The lowest BCUT2D eigenvalue weighted by Crippen LogP contribution is -2.07. The number of aryl methyl sites for hydroxylation is 1. The van der Waals surface area contributed by atoms with E-state index < -0.39 is 0 Å². The number of rotatable bonds is 4. The lowest BCUT2D eigenvalue weighted by atomic mass is 10.1. The van der Waals surface area contributed by atoms with Crippen LogP contribution in [-0.4, -0.2) is 10.8 Å². The van der Waals surface area contributed by atoms with Gasteiger partial charge in [0, 0.05) is 11.3 Å². The molecule has 0 amide bonds. The number of nitrogens with one attached hydrogen (secondary N) is 1. The molecule has 0 saturated carbocycles. The molecule has 0 fully saturated rings. The summed E-state index contributed by atoms with van der Waals surface area (Å²) in [5.41, 5.74) is 8.47. The fourth-order valence-corrected chi connectivity index (χ4v) is 1.77. The first kappa shape index (κ1) is 12.9. The third-order valence-electron chi connectivity index (χ3n) is 2.52. The van der Waals surface area contributed by atoms with Crippen LogP contribution < -0.4 is 11.1 Å². The number of nitrogens with two attached hydrogens (primary N) is 1. The van der Waals surface area contributed by atoms with Crippen LogP contribution in [0, 0.1) is 6.92 Å². The number of aromatic nitrogens is 1. The first-order valence-electron chi connectivity index (χ1n) is 5.82. The highest BCUT2D eigenvalue weighted by Gasteiger charge is 2.06. The first-order chi connectivity index (χ1) is 9.06. The Bertz CT molecular complexity index is 610. The van der Waals surface area contributed by atoms with Crippen LogP contribution >= 0.6 is 0 Å². The van der Waals surface area contributed by atoms with Crippen LogP contribution in [0.5, 0.6) is 0 Å². The molecular weight excluding hydrogens is 240 g/mol. The molecule has 1 heterocycles. The maximum absolute atomic E-state index is 5.49. The van der Waals surface area contributed by atoms with Gasteiger partial charge in [-0.15, -0.1) is 0 Å². The zero-order valence-electron chi connectivity index (χ0n) is 11.0. The van der Waals surface area contributed by atoms with Crippen LogP contribution in [0.1, 0.15) is 12.5 Å². The zero-order valence-corrected chi connectivity index (χ0v) is 11.0. The summed E-state index contributed by atoms with van der Waals surface area (Å²) < 4.78 is 5.29. The molecule has 2 rings (SSSR count). The molecule has 0 radical (unpaired) electrons. The molecule has 5 heteroatoms. The molecule has 2 aromatic rings. The van der Waals surface area contributed by atoms with Crippen LogP contribution in [-0.2, 0) is 0 Å². The molecule has 0 aliphatic rings. The van der Waals surface area contributed by atoms with E-state index in [1.807, 2.05) is 25.1 Å². The fraction of sp³-hybridized carbons (Fsp3) is 0.143. The van der Waals surface area contributed by atoms with E-state index in [2.05, 4.69) is 21.9 Å². The number of benzene rings is 1. The molecule has 0 unspecified atom stereocenters. The van der Waals surface area contributed by atoms with Gasteiger partial charge in [0.15, 0.2) is 12.2 Å². The Morgan fingerprint density at radius 2 is 2.26 bits per heavy atom. The molecule has 5 nitrogen and oxygen atoms in total. The highest BCUT2D eigenvalue weighted by atomic mass is 16.3. The maximum atomic E-state index is 5.49. The lowest BCUT2D eigenvalue weighted by Gasteiger charge is -2.09. The molecule has 19 heavy (non-hydrogen) atoms. The highest BCUT2D eigenvalue weighted by Crippen LogP contribution is 2.25. The summed E-state index contributed by atoms with van der Waals surface area (Å²) in [5, 5.41) is 3.08. The van der Waals surface area contributed by atoms with Gasteiger partial charge in [0.1, 0.15) is 5.82 Å². The van der Waals surface area contributed by atoms with Crippen molar-refractivity contribution < 1.29 is 4.42 Å². The Hall–Kier alpha value is -2.56. The molecular formula is C14H16N4O. The van der Waals surface area contributed by atoms with Gasteiger partial charge < -0.3 is 15.5 Å². The fourth-order valence-electron chi connectivity index (χ4n) is 1.77.